The molecule has 0 atom stereocenters. The lowest BCUT2D eigenvalue weighted by Gasteiger charge is -2.11. The maximum Gasteiger partial charge on any atom is 0.0858 e. The number of aryl methyl sites for hydroxylation is 1. The highest BCUT2D eigenvalue weighted by atomic mass is 15.1. The molecule has 0 saturated heterocycles. The van der Waals surface area contributed by atoms with E-state index in [2.05, 4.69) is 68.7 Å². The molecule has 4 aromatic rings. The monoisotopic (exact) mass is 447 g/mol. The second-order valence-corrected chi connectivity index (χ2v) is 8.34. The zero-order valence-corrected chi connectivity index (χ0v) is 19.9. The van der Waals surface area contributed by atoms with Gasteiger partial charge in [-0.1, -0.05) is 43.3 Å². The van der Waals surface area contributed by atoms with Crippen molar-refractivity contribution >= 4 is 28.4 Å². The summed E-state index contributed by atoms with van der Waals surface area (Å²) in [6.45, 7) is 2.14. The molecule has 0 spiro atoms. The summed E-state index contributed by atoms with van der Waals surface area (Å²) in [6, 6.07) is 32.6. The van der Waals surface area contributed by atoms with Gasteiger partial charge < -0.3 is 4.90 Å². The Morgan fingerprint density at radius 1 is 0.471 bits per heavy atom. The first-order chi connectivity index (χ1) is 16.6. The van der Waals surface area contributed by atoms with Gasteiger partial charge in [0.15, 0.2) is 0 Å². The highest BCUT2D eigenvalue weighted by Gasteiger charge is 2.00. The molecule has 4 aromatic carbocycles. The van der Waals surface area contributed by atoms with Crippen molar-refractivity contribution in [2.45, 2.75) is 19.8 Å². The summed E-state index contributed by atoms with van der Waals surface area (Å²) in [4.78, 5) is 2.06. The number of nitrogens with zero attached hydrogens (tertiary/aromatic N) is 5. The molecule has 0 unspecified atom stereocenters. The van der Waals surface area contributed by atoms with Gasteiger partial charge in [0, 0.05) is 19.8 Å². The van der Waals surface area contributed by atoms with Crippen molar-refractivity contribution in [2.24, 2.45) is 20.5 Å². The minimum atomic E-state index is 0.836. The van der Waals surface area contributed by atoms with Gasteiger partial charge in [0.25, 0.3) is 0 Å². The van der Waals surface area contributed by atoms with Crippen LogP contribution in [0.5, 0.6) is 0 Å². The van der Waals surface area contributed by atoms with E-state index >= 15 is 0 Å². The molecule has 0 amide bonds. The van der Waals surface area contributed by atoms with Crippen LogP contribution in [0.25, 0.3) is 0 Å². The second-order valence-electron chi connectivity index (χ2n) is 8.34. The molecule has 0 N–H and O–H groups in total. The predicted molar refractivity (Wildman–Crippen MR) is 141 cm³/mol. The largest absolute Gasteiger partial charge is 0.378 e. The Hall–Kier alpha value is -4.12. The maximum atomic E-state index is 4.35. The fraction of sp³-hybridized carbons (Fsp3) is 0.172. The van der Waals surface area contributed by atoms with E-state index < -0.39 is 0 Å². The third-order valence-corrected chi connectivity index (χ3v) is 5.55. The molecule has 4 rings (SSSR count). The Morgan fingerprint density at radius 3 is 1.12 bits per heavy atom. The Bertz CT molecular complexity index is 1240. The summed E-state index contributed by atoms with van der Waals surface area (Å²) in [5.74, 6) is 0. The van der Waals surface area contributed by atoms with Crippen molar-refractivity contribution in [1.29, 1.82) is 0 Å². The molecule has 0 bridgehead atoms. The highest BCUT2D eigenvalue weighted by molar-refractivity contribution is 5.52. The van der Waals surface area contributed by atoms with Crippen LogP contribution in [0.2, 0.25) is 0 Å². The van der Waals surface area contributed by atoms with Gasteiger partial charge in [-0.2, -0.15) is 20.5 Å². The van der Waals surface area contributed by atoms with Crippen molar-refractivity contribution in [3.8, 4) is 0 Å². The second kappa shape index (κ2) is 11.1. The van der Waals surface area contributed by atoms with E-state index in [-0.39, 0.29) is 0 Å². The van der Waals surface area contributed by atoms with Crippen LogP contribution in [0.15, 0.2) is 118 Å². The van der Waals surface area contributed by atoms with Crippen molar-refractivity contribution in [1.82, 2.24) is 0 Å². The number of rotatable bonds is 8. The van der Waals surface area contributed by atoms with E-state index in [4.69, 9.17) is 0 Å². The standard InChI is InChI=1S/C29H29N5/c1-4-22-5-11-25(12-6-22)30-31-26-13-7-23(8-14-26)21-24-9-15-27(16-10-24)32-33-28-17-19-29(20-18-28)34(2)3/h5-20H,4,21H2,1-3H3. The Morgan fingerprint density at radius 2 is 0.794 bits per heavy atom. The quantitative estimate of drug-likeness (QED) is 0.249. The zero-order chi connectivity index (χ0) is 23.8. The minimum Gasteiger partial charge on any atom is -0.378 e. The molecular formula is C29H29N5. The minimum absolute atomic E-state index is 0.836. The van der Waals surface area contributed by atoms with Gasteiger partial charge in [-0.15, -0.1) is 0 Å². The van der Waals surface area contributed by atoms with Gasteiger partial charge in [-0.3, -0.25) is 0 Å². The van der Waals surface area contributed by atoms with E-state index in [0.29, 0.717) is 0 Å². The highest BCUT2D eigenvalue weighted by Crippen LogP contribution is 2.23. The van der Waals surface area contributed by atoms with Crippen LogP contribution in [0.1, 0.15) is 23.6 Å². The molecule has 5 nitrogen and oxygen atoms in total. The number of azo groups is 2. The molecule has 5 heteroatoms. The summed E-state index contributed by atoms with van der Waals surface area (Å²) in [7, 11) is 4.04. The van der Waals surface area contributed by atoms with E-state index in [0.717, 1.165) is 41.3 Å². The molecule has 34 heavy (non-hydrogen) atoms. The van der Waals surface area contributed by atoms with Gasteiger partial charge in [-0.25, -0.2) is 0 Å². The molecular weight excluding hydrogens is 418 g/mol. The fourth-order valence-corrected chi connectivity index (χ4v) is 3.44. The van der Waals surface area contributed by atoms with Crippen molar-refractivity contribution in [3.05, 3.63) is 114 Å². The summed E-state index contributed by atoms with van der Waals surface area (Å²) >= 11 is 0. The first kappa shape index (κ1) is 23.1. The molecule has 0 aliphatic carbocycles. The number of hydrogen-bond donors (Lipinski definition) is 0. The van der Waals surface area contributed by atoms with Gasteiger partial charge in [0.1, 0.15) is 0 Å². The number of anilines is 1. The summed E-state index contributed by atoms with van der Waals surface area (Å²) < 4.78 is 0. The molecule has 0 fully saturated rings. The van der Waals surface area contributed by atoms with Gasteiger partial charge >= 0.3 is 0 Å². The first-order valence-electron chi connectivity index (χ1n) is 11.5. The van der Waals surface area contributed by atoms with Gasteiger partial charge in [0.2, 0.25) is 0 Å². The number of benzene rings is 4. The first-order valence-corrected chi connectivity index (χ1v) is 11.5. The van der Waals surface area contributed by atoms with Crippen LogP contribution in [-0.4, -0.2) is 14.1 Å². The van der Waals surface area contributed by atoms with Crippen molar-refractivity contribution in [2.75, 3.05) is 19.0 Å². The normalized spacial score (nSPS) is 11.4. The average molecular weight is 448 g/mol. The zero-order valence-electron chi connectivity index (χ0n) is 19.9. The molecule has 0 aliphatic rings. The van der Waals surface area contributed by atoms with Crippen LogP contribution in [0.4, 0.5) is 28.4 Å². The topological polar surface area (TPSA) is 52.7 Å². The Labute approximate surface area is 201 Å². The van der Waals surface area contributed by atoms with Crippen LogP contribution >= 0.6 is 0 Å². The summed E-state index contributed by atoms with van der Waals surface area (Å²) in [6.07, 6.45) is 1.87. The maximum absolute atomic E-state index is 4.35. The summed E-state index contributed by atoms with van der Waals surface area (Å²) in [5, 5.41) is 17.4. The van der Waals surface area contributed by atoms with E-state index in [1.807, 2.05) is 74.8 Å². The third kappa shape index (κ3) is 6.45. The third-order valence-electron chi connectivity index (χ3n) is 5.55. The smallest absolute Gasteiger partial charge is 0.0858 e. The van der Waals surface area contributed by atoms with Crippen molar-refractivity contribution < 1.29 is 0 Å². The van der Waals surface area contributed by atoms with Crippen molar-refractivity contribution in [3.63, 3.8) is 0 Å². The molecule has 0 heterocycles. The van der Waals surface area contributed by atoms with E-state index in [9.17, 15) is 0 Å². The lowest BCUT2D eigenvalue weighted by Crippen LogP contribution is -2.07. The van der Waals surface area contributed by atoms with Crippen LogP contribution in [0.3, 0.4) is 0 Å². The van der Waals surface area contributed by atoms with Crippen LogP contribution in [0, 0.1) is 0 Å². The number of hydrogen-bond acceptors (Lipinski definition) is 5. The van der Waals surface area contributed by atoms with Crippen LogP contribution in [-0.2, 0) is 12.8 Å². The lowest BCUT2D eigenvalue weighted by molar-refractivity contribution is 1.13. The summed E-state index contributed by atoms with van der Waals surface area (Å²) in [5.41, 5.74) is 8.27. The SMILES string of the molecule is CCc1ccc(N=Nc2ccc(Cc3ccc(N=Nc4ccc(N(C)C)cc4)cc3)cc2)cc1. The molecule has 170 valence electrons. The molecule has 0 aromatic heterocycles. The Kier molecular flexibility index (Phi) is 7.56. The molecule has 0 saturated carbocycles. The Balaban J connectivity index is 1.33. The van der Waals surface area contributed by atoms with E-state index in [1.54, 1.807) is 0 Å². The molecule has 0 aliphatic heterocycles. The van der Waals surface area contributed by atoms with Gasteiger partial charge in [0.05, 0.1) is 22.7 Å². The molecule has 0 radical (unpaired) electrons. The van der Waals surface area contributed by atoms with Crippen LogP contribution < -0.4 is 4.90 Å². The van der Waals surface area contributed by atoms with Gasteiger partial charge in [-0.05, 0) is 90.2 Å². The van der Waals surface area contributed by atoms with E-state index in [1.165, 1.54) is 16.7 Å². The average Bonchev–Trinajstić information content (AvgIpc) is 2.88. The fourth-order valence-electron chi connectivity index (χ4n) is 3.44. The predicted octanol–water partition coefficient (Wildman–Crippen LogP) is 8.74. The lowest BCUT2D eigenvalue weighted by atomic mass is 10.0.